The summed E-state index contributed by atoms with van der Waals surface area (Å²) in [5.41, 5.74) is 6.61. The molecule has 0 aliphatic rings. The number of rotatable bonds is 4. The van der Waals surface area contributed by atoms with Gasteiger partial charge < -0.3 is 5.73 Å². The maximum Gasteiger partial charge on any atom is 0.261 e. The Balaban J connectivity index is 2.33. The molecule has 0 spiro atoms. The normalized spacial score (nSPS) is 13.0. The van der Waals surface area contributed by atoms with Gasteiger partial charge in [0.1, 0.15) is 5.82 Å². The molecule has 0 aliphatic heterocycles. The van der Waals surface area contributed by atoms with Gasteiger partial charge in [-0.15, -0.1) is 0 Å². The summed E-state index contributed by atoms with van der Waals surface area (Å²) in [4.78, 5) is 0.0839. The Bertz CT molecular complexity index is 763. The minimum Gasteiger partial charge on any atom is -0.324 e. The molecule has 7 heteroatoms. The van der Waals surface area contributed by atoms with Crippen LogP contribution >= 0.6 is 15.9 Å². The number of anilines is 1. The van der Waals surface area contributed by atoms with E-state index in [1.54, 1.807) is 19.1 Å². The molecule has 0 radical (unpaired) electrons. The molecule has 3 N–H and O–H groups in total. The van der Waals surface area contributed by atoms with E-state index in [4.69, 9.17) is 5.73 Å². The predicted octanol–water partition coefficient (Wildman–Crippen LogP) is 3.41. The van der Waals surface area contributed by atoms with Crippen LogP contribution in [0.15, 0.2) is 51.8 Å². The lowest BCUT2D eigenvalue weighted by molar-refractivity contribution is 0.600. The summed E-state index contributed by atoms with van der Waals surface area (Å²) in [6, 6.07) is 10.1. The fraction of sp³-hybridized carbons (Fsp3) is 0.143. The molecule has 0 heterocycles. The van der Waals surface area contributed by atoms with Crippen LogP contribution in [0.4, 0.5) is 10.1 Å². The lowest BCUT2D eigenvalue weighted by Crippen LogP contribution is -2.14. The predicted molar refractivity (Wildman–Crippen MR) is 84.0 cm³/mol. The van der Waals surface area contributed by atoms with Crippen LogP contribution in [0.5, 0.6) is 0 Å². The van der Waals surface area contributed by atoms with Gasteiger partial charge in [0.25, 0.3) is 10.0 Å². The molecule has 1 unspecified atom stereocenters. The maximum atomic E-state index is 13.4. The van der Waals surface area contributed by atoms with Crippen molar-refractivity contribution in [3.63, 3.8) is 0 Å². The molecular weight excluding hydrogens is 359 g/mol. The minimum atomic E-state index is -3.79. The van der Waals surface area contributed by atoms with Crippen LogP contribution in [0, 0.1) is 5.82 Å². The Morgan fingerprint density at radius 2 is 1.95 bits per heavy atom. The van der Waals surface area contributed by atoms with Crippen molar-refractivity contribution in [2.75, 3.05) is 4.72 Å². The van der Waals surface area contributed by atoms with Crippen molar-refractivity contribution in [1.82, 2.24) is 0 Å². The van der Waals surface area contributed by atoms with E-state index < -0.39 is 15.8 Å². The van der Waals surface area contributed by atoms with Gasteiger partial charge in [-0.3, -0.25) is 4.72 Å². The van der Waals surface area contributed by atoms with Gasteiger partial charge in [-0.2, -0.15) is 0 Å². The molecular formula is C14H14BrFN2O2S. The number of halogens is 2. The molecule has 0 fully saturated rings. The largest absolute Gasteiger partial charge is 0.324 e. The molecule has 0 bridgehead atoms. The number of sulfonamides is 1. The lowest BCUT2D eigenvalue weighted by Gasteiger charge is -2.11. The van der Waals surface area contributed by atoms with Crippen LogP contribution in [-0.2, 0) is 10.0 Å². The molecule has 2 aromatic rings. The molecule has 0 saturated heterocycles. The van der Waals surface area contributed by atoms with Crippen LogP contribution in [0.2, 0.25) is 0 Å². The van der Waals surface area contributed by atoms with Crippen LogP contribution in [0.1, 0.15) is 18.5 Å². The summed E-state index contributed by atoms with van der Waals surface area (Å²) in [5, 5.41) is 0. The fourth-order valence-electron chi connectivity index (χ4n) is 1.74. The van der Waals surface area contributed by atoms with Gasteiger partial charge in [0.15, 0.2) is 0 Å². The van der Waals surface area contributed by atoms with Crippen LogP contribution < -0.4 is 10.5 Å². The van der Waals surface area contributed by atoms with Gasteiger partial charge in [0.2, 0.25) is 0 Å². The standard InChI is InChI=1S/C14H14BrFN2O2S/c1-9(17)10-3-2-4-12(7-10)21(19,20)18-11-5-6-13(15)14(16)8-11/h2-9,18H,17H2,1H3. The number of hydrogen-bond acceptors (Lipinski definition) is 3. The van der Waals surface area contributed by atoms with Crippen LogP contribution in [0.3, 0.4) is 0 Å². The monoisotopic (exact) mass is 372 g/mol. The topological polar surface area (TPSA) is 72.2 Å². The van der Waals surface area contributed by atoms with Gasteiger partial charge in [-0.1, -0.05) is 12.1 Å². The van der Waals surface area contributed by atoms with Gasteiger partial charge in [0, 0.05) is 6.04 Å². The van der Waals surface area contributed by atoms with Crippen LogP contribution in [0.25, 0.3) is 0 Å². The van der Waals surface area contributed by atoms with Crippen molar-refractivity contribution >= 4 is 31.6 Å². The van der Waals surface area contributed by atoms with E-state index in [1.165, 1.54) is 24.3 Å². The first-order chi connectivity index (χ1) is 9.79. The quantitative estimate of drug-likeness (QED) is 0.863. The van der Waals surface area contributed by atoms with Crippen molar-refractivity contribution in [1.29, 1.82) is 0 Å². The van der Waals surface area contributed by atoms with E-state index >= 15 is 0 Å². The third-order valence-electron chi connectivity index (χ3n) is 2.87. The average molecular weight is 373 g/mol. The highest BCUT2D eigenvalue weighted by atomic mass is 79.9. The van der Waals surface area contributed by atoms with Crippen molar-refractivity contribution in [2.45, 2.75) is 17.9 Å². The summed E-state index contributed by atoms with van der Waals surface area (Å²) < 4.78 is 40.6. The SMILES string of the molecule is CC(N)c1cccc(S(=O)(=O)Nc2ccc(Br)c(F)c2)c1. The highest BCUT2D eigenvalue weighted by Crippen LogP contribution is 2.23. The van der Waals surface area contributed by atoms with E-state index in [1.807, 2.05) is 0 Å². The zero-order valence-electron chi connectivity index (χ0n) is 11.2. The van der Waals surface area contributed by atoms with E-state index in [0.29, 0.717) is 5.56 Å². The van der Waals surface area contributed by atoms with Crippen molar-refractivity contribution in [2.24, 2.45) is 5.73 Å². The van der Waals surface area contributed by atoms with Crippen molar-refractivity contribution < 1.29 is 12.8 Å². The van der Waals surface area contributed by atoms with E-state index in [0.717, 1.165) is 6.07 Å². The second-order valence-corrected chi connectivity index (χ2v) is 7.13. The highest BCUT2D eigenvalue weighted by Gasteiger charge is 2.16. The van der Waals surface area contributed by atoms with Crippen molar-refractivity contribution in [3.05, 3.63) is 58.3 Å². The smallest absolute Gasteiger partial charge is 0.261 e. The zero-order valence-corrected chi connectivity index (χ0v) is 13.6. The molecule has 0 amide bonds. The Kier molecular flexibility index (Phi) is 4.65. The molecule has 112 valence electrons. The summed E-state index contributed by atoms with van der Waals surface area (Å²) in [7, 11) is -3.79. The van der Waals surface area contributed by atoms with Crippen LogP contribution in [-0.4, -0.2) is 8.42 Å². The number of benzene rings is 2. The molecule has 1 atom stereocenters. The number of nitrogens with one attached hydrogen (secondary N) is 1. The molecule has 2 aromatic carbocycles. The first kappa shape index (κ1) is 15.9. The molecule has 0 aromatic heterocycles. The number of hydrogen-bond donors (Lipinski definition) is 2. The van der Waals surface area contributed by atoms with E-state index in [-0.39, 0.29) is 21.1 Å². The lowest BCUT2D eigenvalue weighted by atomic mass is 10.1. The summed E-state index contributed by atoms with van der Waals surface area (Å²) in [6.45, 7) is 1.77. The number of nitrogens with two attached hydrogens (primary N) is 1. The fourth-order valence-corrected chi connectivity index (χ4v) is 3.09. The van der Waals surface area contributed by atoms with Gasteiger partial charge in [-0.05, 0) is 58.7 Å². The van der Waals surface area contributed by atoms with E-state index in [2.05, 4.69) is 20.7 Å². The third kappa shape index (κ3) is 3.81. The van der Waals surface area contributed by atoms with Gasteiger partial charge in [-0.25, -0.2) is 12.8 Å². The van der Waals surface area contributed by atoms with E-state index in [9.17, 15) is 12.8 Å². The Morgan fingerprint density at radius 1 is 1.24 bits per heavy atom. The average Bonchev–Trinajstić information content (AvgIpc) is 2.43. The first-order valence-corrected chi connectivity index (χ1v) is 8.40. The Hall–Kier alpha value is -1.44. The first-order valence-electron chi connectivity index (χ1n) is 6.13. The highest BCUT2D eigenvalue weighted by molar-refractivity contribution is 9.10. The molecule has 4 nitrogen and oxygen atoms in total. The molecule has 2 rings (SSSR count). The zero-order chi connectivity index (χ0) is 15.6. The maximum absolute atomic E-state index is 13.4. The second kappa shape index (κ2) is 6.13. The van der Waals surface area contributed by atoms with Gasteiger partial charge >= 0.3 is 0 Å². The van der Waals surface area contributed by atoms with Gasteiger partial charge in [0.05, 0.1) is 15.1 Å². The molecule has 21 heavy (non-hydrogen) atoms. The second-order valence-electron chi connectivity index (χ2n) is 4.60. The minimum absolute atomic E-state index is 0.0839. The summed E-state index contributed by atoms with van der Waals surface area (Å²) in [5.74, 6) is -0.542. The molecule has 0 saturated carbocycles. The molecule has 0 aliphatic carbocycles. The third-order valence-corrected chi connectivity index (χ3v) is 4.89. The summed E-state index contributed by atoms with van der Waals surface area (Å²) >= 11 is 3.01. The van der Waals surface area contributed by atoms with Crippen molar-refractivity contribution in [3.8, 4) is 0 Å². The Morgan fingerprint density at radius 3 is 2.57 bits per heavy atom. The Labute approximate surface area is 131 Å². The summed E-state index contributed by atoms with van der Waals surface area (Å²) in [6.07, 6.45) is 0.